The van der Waals surface area contributed by atoms with Gasteiger partial charge in [0.05, 0.1) is 12.3 Å². The van der Waals surface area contributed by atoms with E-state index in [0.29, 0.717) is 12.3 Å². The van der Waals surface area contributed by atoms with Gasteiger partial charge in [-0.25, -0.2) is 13.1 Å². The predicted molar refractivity (Wildman–Crippen MR) is 71.7 cm³/mol. The van der Waals surface area contributed by atoms with Crippen LogP contribution in [0.25, 0.3) is 0 Å². The van der Waals surface area contributed by atoms with E-state index >= 15 is 0 Å². The zero-order chi connectivity index (χ0) is 13.6. The minimum atomic E-state index is -3.29. The third-order valence-corrected chi connectivity index (χ3v) is 4.76. The van der Waals surface area contributed by atoms with E-state index in [-0.39, 0.29) is 18.2 Å². The van der Waals surface area contributed by atoms with Crippen molar-refractivity contribution < 1.29 is 13.2 Å². The van der Waals surface area contributed by atoms with Crippen molar-refractivity contribution in [1.29, 1.82) is 0 Å². The van der Waals surface area contributed by atoms with E-state index in [4.69, 9.17) is 0 Å². The monoisotopic (exact) mass is 276 g/mol. The molecule has 0 bridgehead atoms. The lowest BCUT2D eigenvalue weighted by molar-refractivity contribution is -0.131. The van der Waals surface area contributed by atoms with Crippen LogP contribution in [0.3, 0.4) is 0 Å². The molecule has 1 heterocycles. The smallest absolute Gasteiger partial charge is 0.237 e. The molecule has 0 aliphatic carbocycles. The number of carbonyl (C=O) groups is 1. The molecule has 5 nitrogen and oxygen atoms in total. The molecule has 0 unspecified atom stereocenters. The lowest BCUT2D eigenvalue weighted by Crippen LogP contribution is -2.44. The summed E-state index contributed by atoms with van der Waals surface area (Å²) in [7, 11) is -3.29. The van der Waals surface area contributed by atoms with E-state index in [1.807, 2.05) is 6.92 Å². The van der Waals surface area contributed by atoms with Crippen molar-refractivity contribution in [3.8, 4) is 0 Å². The zero-order valence-electron chi connectivity index (χ0n) is 11.3. The Labute approximate surface area is 110 Å². The fourth-order valence-corrected chi connectivity index (χ4v) is 3.10. The molecule has 18 heavy (non-hydrogen) atoms. The summed E-state index contributed by atoms with van der Waals surface area (Å²) in [5, 5.41) is 0. The van der Waals surface area contributed by atoms with Gasteiger partial charge < -0.3 is 4.90 Å². The molecule has 0 radical (unpaired) electrons. The Morgan fingerprint density at radius 2 is 1.94 bits per heavy atom. The van der Waals surface area contributed by atoms with E-state index in [9.17, 15) is 13.2 Å². The molecule has 0 aromatic carbocycles. The van der Waals surface area contributed by atoms with Crippen molar-refractivity contribution in [3.63, 3.8) is 0 Å². The SMILES string of the molecule is CCCCS(=O)(=O)NCC(=O)N1CCC(C)CC1. The maximum atomic E-state index is 11.8. The first-order valence-electron chi connectivity index (χ1n) is 6.69. The maximum Gasteiger partial charge on any atom is 0.237 e. The van der Waals surface area contributed by atoms with Crippen molar-refractivity contribution in [2.45, 2.75) is 39.5 Å². The number of hydrogen-bond acceptors (Lipinski definition) is 3. The molecular weight excluding hydrogens is 252 g/mol. The van der Waals surface area contributed by atoms with Gasteiger partial charge in [0, 0.05) is 13.1 Å². The van der Waals surface area contributed by atoms with E-state index in [2.05, 4.69) is 11.6 Å². The minimum absolute atomic E-state index is 0.0968. The van der Waals surface area contributed by atoms with Crippen molar-refractivity contribution >= 4 is 15.9 Å². The topological polar surface area (TPSA) is 66.5 Å². The Kier molecular flexibility index (Phi) is 6.08. The summed E-state index contributed by atoms with van der Waals surface area (Å²) in [6.45, 7) is 5.51. The summed E-state index contributed by atoms with van der Waals surface area (Å²) < 4.78 is 25.5. The number of amides is 1. The van der Waals surface area contributed by atoms with Gasteiger partial charge in [-0.3, -0.25) is 4.79 Å². The largest absolute Gasteiger partial charge is 0.342 e. The number of nitrogens with zero attached hydrogens (tertiary/aromatic N) is 1. The van der Waals surface area contributed by atoms with Crippen molar-refractivity contribution in [2.24, 2.45) is 5.92 Å². The second kappa shape index (κ2) is 7.09. The van der Waals surface area contributed by atoms with Gasteiger partial charge in [0.2, 0.25) is 15.9 Å². The van der Waals surface area contributed by atoms with Crippen LogP contribution in [0, 0.1) is 5.92 Å². The third kappa shape index (κ3) is 5.35. The number of rotatable bonds is 6. The lowest BCUT2D eigenvalue weighted by Gasteiger charge is -2.30. The van der Waals surface area contributed by atoms with E-state index < -0.39 is 10.0 Å². The summed E-state index contributed by atoms with van der Waals surface area (Å²) >= 11 is 0. The Morgan fingerprint density at radius 3 is 2.50 bits per heavy atom. The molecule has 1 aliphatic rings. The van der Waals surface area contributed by atoms with Crippen LogP contribution < -0.4 is 4.72 Å². The fourth-order valence-electron chi connectivity index (χ4n) is 1.95. The second-order valence-electron chi connectivity index (χ2n) is 5.06. The van der Waals surface area contributed by atoms with E-state index in [0.717, 1.165) is 32.4 Å². The first-order chi connectivity index (χ1) is 8.44. The molecule has 0 atom stereocenters. The first-order valence-corrected chi connectivity index (χ1v) is 8.35. The Hall–Kier alpha value is -0.620. The molecule has 0 saturated carbocycles. The highest BCUT2D eigenvalue weighted by Gasteiger charge is 2.21. The molecule has 1 N–H and O–H groups in total. The third-order valence-electron chi connectivity index (χ3n) is 3.35. The number of unbranched alkanes of at least 4 members (excludes halogenated alkanes) is 1. The molecule has 1 saturated heterocycles. The molecule has 6 heteroatoms. The van der Waals surface area contributed by atoms with E-state index in [1.54, 1.807) is 4.90 Å². The van der Waals surface area contributed by atoms with Gasteiger partial charge in [0.15, 0.2) is 0 Å². The van der Waals surface area contributed by atoms with Gasteiger partial charge in [-0.1, -0.05) is 20.3 Å². The average molecular weight is 276 g/mol. The molecule has 0 aromatic rings. The number of carbonyl (C=O) groups excluding carboxylic acids is 1. The number of nitrogens with one attached hydrogen (secondary N) is 1. The molecule has 1 amide bonds. The number of piperidine rings is 1. The molecule has 1 aliphatic heterocycles. The highest BCUT2D eigenvalue weighted by molar-refractivity contribution is 7.89. The van der Waals surface area contributed by atoms with Crippen molar-refractivity contribution in [2.75, 3.05) is 25.4 Å². The van der Waals surface area contributed by atoms with Gasteiger partial charge in [-0.15, -0.1) is 0 Å². The molecule has 106 valence electrons. The Balaban J connectivity index is 2.32. The van der Waals surface area contributed by atoms with Crippen molar-refractivity contribution in [3.05, 3.63) is 0 Å². The molecule has 0 spiro atoms. The molecule has 0 aromatic heterocycles. The molecular formula is C12H24N2O3S. The highest BCUT2D eigenvalue weighted by Crippen LogP contribution is 2.15. The molecule has 1 fully saturated rings. The summed E-state index contributed by atoms with van der Waals surface area (Å²) in [6.07, 6.45) is 3.48. The number of sulfonamides is 1. The predicted octanol–water partition coefficient (Wildman–Crippen LogP) is 0.964. The van der Waals surface area contributed by atoms with Crippen LogP contribution in [0.15, 0.2) is 0 Å². The quantitative estimate of drug-likeness (QED) is 0.786. The summed E-state index contributed by atoms with van der Waals surface area (Å²) in [6, 6.07) is 0. The van der Waals surface area contributed by atoms with E-state index in [1.165, 1.54) is 0 Å². The Morgan fingerprint density at radius 1 is 1.33 bits per heavy atom. The summed E-state index contributed by atoms with van der Waals surface area (Å²) in [5.74, 6) is 0.658. The van der Waals surface area contributed by atoms with Gasteiger partial charge in [0.1, 0.15) is 0 Å². The van der Waals surface area contributed by atoms with Gasteiger partial charge >= 0.3 is 0 Å². The number of likely N-dealkylation sites (tertiary alicyclic amines) is 1. The maximum absolute atomic E-state index is 11.8. The van der Waals surface area contributed by atoms with Crippen LogP contribution in [0.2, 0.25) is 0 Å². The van der Waals surface area contributed by atoms with Crippen LogP contribution in [0.5, 0.6) is 0 Å². The van der Waals surface area contributed by atoms with Crippen LogP contribution in [-0.4, -0.2) is 44.6 Å². The van der Waals surface area contributed by atoms with Crippen LogP contribution in [0.1, 0.15) is 39.5 Å². The Bertz CT molecular complexity index is 360. The number of hydrogen-bond donors (Lipinski definition) is 1. The first kappa shape index (κ1) is 15.4. The average Bonchev–Trinajstić information content (AvgIpc) is 2.35. The highest BCUT2D eigenvalue weighted by atomic mass is 32.2. The van der Waals surface area contributed by atoms with Gasteiger partial charge in [-0.05, 0) is 25.2 Å². The normalized spacial score (nSPS) is 18.0. The van der Waals surface area contributed by atoms with Crippen LogP contribution in [-0.2, 0) is 14.8 Å². The van der Waals surface area contributed by atoms with Gasteiger partial charge in [-0.2, -0.15) is 0 Å². The minimum Gasteiger partial charge on any atom is -0.342 e. The molecule has 1 rings (SSSR count). The van der Waals surface area contributed by atoms with Crippen LogP contribution >= 0.6 is 0 Å². The van der Waals surface area contributed by atoms with Gasteiger partial charge in [0.25, 0.3) is 0 Å². The second-order valence-corrected chi connectivity index (χ2v) is 6.98. The van der Waals surface area contributed by atoms with Crippen molar-refractivity contribution in [1.82, 2.24) is 9.62 Å². The summed E-state index contributed by atoms with van der Waals surface area (Å²) in [5.41, 5.74) is 0. The lowest BCUT2D eigenvalue weighted by atomic mass is 9.99. The zero-order valence-corrected chi connectivity index (χ0v) is 12.1. The fraction of sp³-hybridized carbons (Fsp3) is 0.917. The standard InChI is InChI=1S/C12H24N2O3S/c1-3-4-9-18(16,17)13-10-12(15)14-7-5-11(2)6-8-14/h11,13H,3-10H2,1-2H3. The van der Waals surface area contributed by atoms with Crippen LogP contribution in [0.4, 0.5) is 0 Å². The summed E-state index contributed by atoms with van der Waals surface area (Å²) in [4.78, 5) is 13.6.